The summed E-state index contributed by atoms with van der Waals surface area (Å²) in [5.74, 6) is 0.188. The number of thiazole rings is 1. The largest absolute Gasteiger partial charge is 0.468 e. The summed E-state index contributed by atoms with van der Waals surface area (Å²) in [6.07, 6.45) is 2.35. The fourth-order valence-electron chi connectivity index (χ4n) is 1.46. The van der Waals surface area contributed by atoms with Crippen molar-refractivity contribution in [2.45, 2.75) is 32.9 Å². The predicted molar refractivity (Wildman–Crippen MR) is 69.2 cm³/mol. The van der Waals surface area contributed by atoms with Crippen LogP contribution in [0.4, 0.5) is 0 Å². The molecule has 6 heteroatoms. The molecule has 17 heavy (non-hydrogen) atoms. The number of nitrogens with zero attached hydrogens (tertiary/aromatic N) is 1. The maximum Gasteiger partial charge on any atom is 0.322 e. The second-order valence-electron chi connectivity index (χ2n) is 4.14. The average Bonchev–Trinajstić information content (AvgIpc) is 2.68. The number of halogens is 1. The van der Waals surface area contributed by atoms with Gasteiger partial charge in [0.1, 0.15) is 15.4 Å². The normalized spacial score (nSPS) is 12.8. The number of nitrogens with one attached hydrogen (secondary N) is 1. The molecule has 1 rings (SSSR count). The van der Waals surface area contributed by atoms with Crippen molar-refractivity contribution in [3.05, 3.63) is 15.5 Å². The van der Waals surface area contributed by atoms with Crippen LogP contribution in [0.5, 0.6) is 0 Å². The molecule has 1 aromatic rings. The third-order valence-electron chi connectivity index (χ3n) is 2.22. The Morgan fingerprint density at radius 3 is 2.82 bits per heavy atom. The van der Waals surface area contributed by atoms with Crippen LogP contribution in [0.15, 0.2) is 6.20 Å². The molecule has 96 valence electrons. The Morgan fingerprint density at radius 1 is 1.65 bits per heavy atom. The van der Waals surface area contributed by atoms with Gasteiger partial charge in [0.2, 0.25) is 0 Å². The minimum Gasteiger partial charge on any atom is -0.468 e. The molecule has 0 saturated heterocycles. The summed E-state index contributed by atoms with van der Waals surface area (Å²) in [4.78, 5) is 15.7. The number of rotatable bonds is 6. The zero-order valence-corrected chi connectivity index (χ0v) is 11.8. The van der Waals surface area contributed by atoms with Crippen molar-refractivity contribution in [1.29, 1.82) is 0 Å². The first-order chi connectivity index (χ1) is 8.02. The van der Waals surface area contributed by atoms with E-state index in [9.17, 15) is 4.79 Å². The molecule has 0 spiro atoms. The highest BCUT2D eigenvalue weighted by atomic mass is 35.5. The van der Waals surface area contributed by atoms with E-state index >= 15 is 0 Å². The highest BCUT2D eigenvalue weighted by Crippen LogP contribution is 2.18. The smallest absolute Gasteiger partial charge is 0.322 e. The Morgan fingerprint density at radius 2 is 2.35 bits per heavy atom. The summed E-state index contributed by atoms with van der Waals surface area (Å²) in [7, 11) is 1.40. The van der Waals surface area contributed by atoms with Gasteiger partial charge >= 0.3 is 5.97 Å². The van der Waals surface area contributed by atoms with Crippen molar-refractivity contribution >= 4 is 28.9 Å². The lowest BCUT2D eigenvalue weighted by atomic mass is 10.0. The van der Waals surface area contributed by atoms with E-state index in [0.29, 0.717) is 16.8 Å². The lowest BCUT2D eigenvalue weighted by molar-refractivity contribution is -0.143. The topological polar surface area (TPSA) is 51.2 Å². The molecular formula is C11H17ClN2O2S. The summed E-state index contributed by atoms with van der Waals surface area (Å²) in [5.41, 5.74) is 0. The third-order valence-corrected chi connectivity index (χ3v) is 3.33. The SMILES string of the molecule is COC(=O)C(CC(C)C)NCc1ncc(Cl)s1. The molecule has 1 N–H and O–H groups in total. The number of ether oxygens (including phenoxy) is 1. The van der Waals surface area contributed by atoms with Gasteiger partial charge in [-0.25, -0.2) is 4.98 Å². The molecular weight excluding hydrogens is 260 g/mol. The Kier molecular flexibility index (Phi) is 5.88. The highest BCUT2D eigenvalue weighted by Gasteiger charge is 2.20. The second kappa shape index (κ2) is 6.93. The van der Waals surface area contributed by atoms with Crippen molar-refractivity contribution in [3.63, 3.8) is 0 Å². The van der Waals surface area contributed by atoms with Crippen molar-refractivity contribution in [2.24, 2.45) is 5.92 Å². The first-order valence-electron chi connectivity index (χ1n) is 5.44. The van der Waals surface area contributed by atoms with E-state index < -0.39 is 0 Å². The summed E-state index contributed by atoms with van der Waals surface area (Å²) in [6.45, 7) is 4.67. The Labute approximate surface area is 110 Å². The van der Waals surface area contributed by atoms with E-state index in [-0.39, 0.29) is 12.0 Å². The number of hydrogen-bond acceptors (Lipinski definition) is 5. The van der Waals surface area contributed by atoms with E-state index in [0.717, 1.165) is 11.4 Å². The van der Waals surface area contributed by atoms with Crippen LogP contribution < -0.4 is 5.32 Å². The molecule has 1 heterocycles. The lowest BCUT2D eigenvalue weighted by Gasteiger charge is -2.17. The van der Waals surface area contributed by atoms with Gasteiger partial charge in [-0.05, 0) is 12.3 Å². The van der Waals surface area contributed by atoms with Gasteiger partial charge in [0.15, 0.2) is 0 Å². The van der Waals surface area contributed by atoms with Gasteiger partial charge < -0.3 is 4.74 Å². The van der Waals surface area contributed by atoms with E-state index in [2.05, 4.69) is 24.1 Å². The fourth-order valence-corrected chi connectivity index (χ4v) is 2.36. The quantitative estimate of drug-likeness (QED) is 0.811. The number of methoxy groups -OCH3 is 1. The zero-order chi connectivity index (χ0) is 12.8. The number of carbonyl (C=O) groups is 1. The Hall–Kier alpha value is -0.650. The van der Waals surface area contributed by atoms with Gasteiger partial charge in [0.05, 0.1) is 13.3 Å². The zero-order valence-electron chi connectivity index (χ0n) is 10.2. The molecule has 0 fully saturated rings. The van der Waals surface area contributed by atoms with Gasteiger partial charge in [-0.1, -0.05) is 25.4 Å². The monoisotopic (exact) mass is 276 g/mol. The molecule has 0 aromatic carbocycles. The first kappa shape index (κ1) is 14.4. The van der Waals surface area contributed by atoms with Crippen molar-refractivity contribution in [1.82, 2.24) is 10.3 Å². The van der Waals surface area contributed by atoms with Gasteiger partial charge in [0.25, 0.3) is 0 Å². The maximum atomic E-state index is 11.5. The molecule has 0 saturated carbocycles. The van der Waals surface area contributed by atoms with Gasteiger partial charge in [-0.2, -0.15) is 0 Å². The minimum absolute atomic E-state index is 0.235. The molecule has 0 bridgehead atoms. The van der Waals surface area contributed by atoms with Crippen LogP contribution in [0.2, 0.25) is 4.34 Å². The van der Waals surface area contributed by atoms with Crippen LogP contribution in [0, 0.1) is 5.92 Å². The molecule has 1 aromatic heterocycles. The van der Waals surface area contributed by atoms with Gasteiger partial charge in [0, 0.05) is 6.54 Å². The standard InChI is InChI=1S/C11H17ClN2O2S/c1-7(2)4-8(11(15)16-3)13-6-10-14-5-9(12)17-10/h5,7-8,13H,4,6H2,1-3H3. The summed E-state index contributed by atoms with van der Waals surface area (Å²) < 4.78 is 5.42. The summed E-state index contributed by atoms with van der Waals surface area (Å²) >= 11 is 7.19. The predicted octanol–water partition coefficient (Wildman–Crippen LogP) is 2.47. The third kappa shape index (κ3) is 5.02. The van der Waals surface area contributed by atoms with Crippen LogP contribution in [-0.4, -0.2) is 24.1 Å². The summed E-state index contributed by atoms with van der Waals surface area (Å²) in [5, 5.41) is 4.01. The molecule has 1 unspecified atom stereocenters. The molecule has 0 amide bonds. The van der Waals surface area contributed by atoms with Gasteiger partial charge in [-0.3, -0.25) is 10.1 Å². The number of esters is 1. The second-order valence-corrected chi connectivity index (χ2v) is 5.89. The molecule has 0 aliphatic rings. The lowest BCUT2D eigenvalue weighted by Crippen LogP contribution is -2.38. The van der Waals surface area contributed by atoms with Crippen LogP contribution in [0.3, 0.4) is 0 Å². The van der Waals surface area contributed by atoms with Crippen molar-refractivity contribution in [2.75, 3.05) is 7.11 Å². The van der Waals surface area contributed by atoms with Crippen LogP contribution >= 0.6 is 22.9 Å². The molecule has 1 atom stereocenters. The number of aromatic nitrogens is 1. The Balaban J connectivity index is 2.51. The van der Waals surface area contributed by atoms with Gasteiger partial charge in [-0.15, -0.1) is 11.3 Å². The van der Waals surface area contributed by atoms with E-state index in [1.54, 1.807) is 6.20 Å². The fraction of sp³-hybridized carbons (Fsp3) is 0.636. The number of carbonyl (C=O) groups excluding carboxylic acids is 1. The van der Waals surface area contributed by atoms with Crippen molar-refractivity contribution < 1.29 is 9.53 Å². The highest BCUT2D eigenvalue weighted by molar-refractivity contribution is 7.15. The van der Waals surface area contributed by atoms with Crippen LogP contribution in [0.1, 0.15) is 25.3 Å². The van der Waals surface area contributed by atoms with E-state index in [1.165, 1.54) is 18.4 Å². The minimum atomic E-state index is -0.289. The van der Waals surface area contributed by atoms with Crippen LogP contribution in [0.25, 0.3) is 0 Å². The summed E-state index contributed by atoms with van der Waals surface area (Å²) in [6, 6.07) is -0.289. The molecule has 0 radical (unpaired) electrons. The van der Waals surface area contributed by atoms with E-state index in [4.69, 9.17) is 16.3 Å². The number of hydrogen-bond donors (Lipinski definition) is 1. The molecule has 0 aliphatic heterocycles. The van der Waals surface area contributed by atoms with Crippen molar-refractivity contribution in [3.8, 4) is 0 Å². The molecule has 4 nitrogen and oxygen atoms in total. The maximum absolute atomic E-state index is 11.5. The molecule has 0 aliphatic carbocycles. The average molecular weight is 277 g/mol. The first-order valence-corrected chi connectivity index (χ1v) is 6.63. The van der Waals surface area contributed by atoms with Crippen LogP contribution in [-0.2, 0) is 16.1 Å². The Bertz CT molecular complexity index is 368. The van der Waals surface area contributed by atoms with E-state index in [1.807, 2.05) is 0 Å².